The minimum atomic E-state index is -1.30. The van der Waals surface area contributed by atoms with Crippen molar-refractivity contribution in [1.29, 1.82) is 0 Å². The van der Waals surface area contributed by atoms with Crippen LogP contribution in [0.2, 0.25) is 0 Å². The largest absolute Gasteiger partial charge is 0.512 e. The second kappa shape index (κ2) is 9.75. The van der Waals surface area contributed by atoms with Gasteiger partial charge in [-0.1, -0.05) is 54.6 Å². The van der Waals surface area contributed by atoms with Gasteiger partial charge in [-0.05, 0) is 44.5 Å². The summed E-state index contributed by atoms with van der Waals surface area (Å²) in [6.45, 7) is 1.94. The second-order valence-electron chi connectivity index (χ2n) is 8.05. The standard InChI is InChI=1S/C26H28N2O4/c1-27(2)16-17-28-23-14-6-5-12-21(23)22(25(28)32-26(29)30)13-8-18-31-24-15-7-10-19-9-3-4-11-20(19)24/h3-7,9-12,14-15H,8,13,16-18H2,1-2H3,(H,29,30). The van der Waals surface area contributed by atoms with E-state index in [0.717, 1.165) is 46.0 Å². The molecule has 0 aliphatic heterocycles. The van der Waals surface area contributed by atoms with E-state index in [9.17, 15) is 9.90 Å². The van der Waals surface area contributed by atoms with Crippen LogP contribution in [0.4, 0.5) is 4.79 Å². The van der Waals surface area contributed by atoms with Gasteiger partial charge in [-0.25, -0.2) is 4.79 Å². The molecule has 0 unspecified atom stereocenters. The first kappa shape index (κ1) is 21.7. The fourth-order valence-corrected chi connectivity index (χ4v) is 4.07. The molecule has 3 aromatic carbocycles. The zero-order valence-electron chi connectivity index (χ0n) is 18.5. The molecule has 0 amide bonds. The van der Waals surface area contributed by atoms with E-state index in [0.29, 0.717) is 25.5 Å². The highest BCUT2D eigenvalue weighted by atomic mass is 16.7. The van der Waals surface area contributed by atoms with E-state index in [1.807, 2.05) is 67.2 Å². The van der Waals surface area contributed by atoms with E-state index >= 15 is 0 Å². The Morgan fingerprint density at radius 1 is 0.969 bits per heavy atom. The van der Waals surface area contributed by atoms with Gasteiger partial charge in [0.05, 0.1) is 12.1 Å². The highest BCUT2D eigenvalue weighted by molar-refractivity contribution is 5.88. The number of para-hydroxylation sites is 1. The number of benzene rings is 3. The molecule has 0 bridgehead atoms. The average molecular weight is 433 g/mol. The fraction of sp³-hybridized carbons (Fsp3) is 0.269. The van der Waals surface area contributed by atoms with Gasteiger partial charge in [-0.2, -0.15) is 0 Å². The van der Waals surface area contributed by atoms with Crippen LogP contribution in [-0.2, 0) is 13.0 Å². The topological polar surface area (TPSA) is 63.9 Å². The molecule has 1 aromatic heterocycles. The molecule has 32 heavy (non-hydrogen) atoms. The number of likely N-dealkylation sites (N-methyl/N-ethyl adjacent to an activating group) is 1. The predicted molar refractivity (Wildman–Crippen MR) is 127 cm³/mol. The summed E-state index contributed by atoms with van der Waals surface area (Å²) in [6, 6.07) is 22.2. The smallest absolute Gasteiger partial charge is 0.493 e. The molecular formula is C26H28N2O4. The molecule has 166 valence electrons. The number of ether oxygens (including phenoxy) is 2. The number of aryl methyl sites for hydroxylation is 1. The Morgan fingerprint density at radius 2 is 1.69 bits per heavy atom. The van der Waals surface area contributed by atoms with Gasteiger partial charge in [0.1, 0.15) is 5.75 Å². The van der Waals surface area contributed by atoms with E-state index in [-0.39, 0.29) is 0 Å². The third kappa shape index (κ3) is 4.70. The van der Waals surface area contributed by atoms with Crippen LogP contribution in [0.5, 0.6) is 11.6 Å². The Bertz CT molecular complexity index is 1220. The predicted octanol–water partition coefficient (Wildman–Crippen LogP) is 5.42. The van der Waals surface area contributed by atoms with Gasteiger partial charge in [0, 0.05) is 29.4 Å². The van der Waals surface area contributed by atoms with Gasteiger partial charge >= 0.3 is 6.16 Å². The van der Waals surface area contributed by atoms with Gasteiger partial charge in [-0.3, -0.25) is 0 Å². The summed E-state index contributed by atoms with van der Waals surface area (Å²) in [5.41, 5.74) is 1.89. The maximum Gasteiger partial charge on any atom is 0.512 e. The zero-order valence-corrected chi connectivity index (χ0v) is 18.5. The number of hydrogen-bond donors (Lipinski definition) is 1. The van der Waals surface area contributed by atoms with E-state index < -0.39 is 6.16 Å². The van der Waals surface area contributed by atoms with E-state index in [2.05, 4.69) is 23.1 Å². The van der Waals surface area contributed by atoms with Crippen molar-refractivity contribution >= 4 is 27.8 Å². The van der Waals surface area contributed by atoms with Gasteiger partial charge < -0.3 is 24.0 Å². The number of rotatable bonds is 9. The first-order valence-corrected chi connectivity index (χ1v) is 10.8. The number of carbonyl (C=O) groups is 1. The van der Waals surface area contributed by atoms with Gasteiger partial charge in [0.15, 0.2) is 0 Å². The molecule has 0 fully saturated rings. The molecule has 4 aromatic rings. The molecule has 4 rings (SSSR count). The van der Waals surface area contributed by atoms with E-state index in [1.54, 1.807) is 0 Å². The summed E-state index contributed by atoms with van der Waals surface area (Å²) in [7, 11) is 3.99. The summed E-state index contributed by atoms with van der Waals surface area (Å²) in [6.07, 6.45) is 0.0937. The Kier molecular flexibility index (Phi) is 6.61. The molecule has 0 spiro atoms. The summed E-state index contributed by atoms with van der Waals surface area (Å²) >= 11 is 0. The van der Waals surface area contributed by atoms with Crippen molar-refractivity contribution in [3.8, 4) is 11.6 Å². The van der Waals surface area contributed by atoms with Crippen LogP contribution < -0.4 is 9.47 Å². The SMILES string of the molecule is CN(C)CCn1c(OC(=O)O)c(CCCOc2cccc3ccccc23)c2ccccc21. The molecule has 6 nitrogen and oxygen atoms in total. The van der Waals surface area contributed by atoms with Crippen LogP contribution in [0.1, 0.15) is 12.0 Å². The summed E-state index contributed by atoms with van der Waals surface area (Å²) < 4.78 is 13.3. The first-order chi connectivity index (χ1) is 15.5. The number of aromatic nitrogens is 1. The van der Waals surface area contributed by atoms with Crippen LogP contribution in [0.15, 0.2) is 66.7 Å². The minimum absolute atomic E-state index is 0.408. The Labute approximate surface area is 187 Å². The average Bonchev–Trinajstić information content (AvgIpc) is 3.07. The number of fused-ring (bicyclic) bond motifs is 2. The minimum Gasteiger partial charge on any atom is -0.493 e. The fourth-order valence-electron chi connectivity index (χ4n) is 4.07. The molecule has 0 atom stereocenters. The van der Waals surface area contributed by atoms with Crippen molar-refractivity contribution in [2.45, 2.75) is 19.4 Å². The van der Waals surface area contributed by atoms with E-state index in [4.69, 9.17) is 9.47 Å². The van der Waals surface area contributed by atoms with Crippen molar-refractivity contribution < 1.29 is 19.4 Å². The van der Waals surface area contributed by atoms with Gasteiger partial charge in [-0.15, -0.1) is 0 Å². The summed E-state index contributed by atoms with van der Waals surface area (Å²) in [4.78, 5) is 13.5. The molecule has 1 heterocycles. The monoisotopic (exact) mass is 432 g/mol. The summed E-state index contributed by atoms with van der Waals surface area (Å²) in [5.74, 6) is 1.27. The molecule has 0 aliphatic carbocycles. The lowest BCUT2D eigenvalue weighted by atomic mass is 10.1. The molecule has 0 radical (unpaired) electrons. The van der Waals surface area contributed by atoms with Crippen LogP contribution in [0.25, 0.3) is 21.7 Å². The van der Waals surface area contributed by atoms with Gasteiger partial charge in [0.25, 0.3) is 0 Å². The lowest BCUT2D eigenvalue weighted by Gasteiger charge is -2.14. The maximum atomic E-state index is 11.5. The first-order valence-electron chi connectivity index (χ1n) is 10.8. The normalized spacial score (nSPS) is 11.3. The van der Waals surface area contributed by atoms with Crippen LogP contribution in [0, 0.1) is 0 Å². The number of carboxylic acid groups (broad SMARTS) is 1. The van der Waals surface area contributed by atoms with Crippen molar-refractivity contribution in [3.63, 3.8) is 0 Å². The molecular weight excluding hydrogens is 404 g/mol. The molecule has 0 saturated heterocycles. The van der Waals surface area contributed by atoms with Crippen LogP contribution in [-0.4, -0.2) is 48.0 Å². The molecule has 0 aliphatic rings. The Balaban J connectivity index is 1.55. The van der Waals surface area contributed by atoms with Crippen molar-refractivity contribution in [3.05, 3.63) is 72.3 Å². The van der Waals surface area contributed by atoms with Crippen LogP contribution >= 0.6 is 0 Å². The molecule has 0 saturated carbocycles. The molecule has 1 N–H and O–H groups in total. The van der Waals surface area contributed by atoms with Crippen molar-refractivity contribution in [1.82, 2.24) is 9.47 Å². The lowest BCUT2D eigenvalue weighted by Crippen LogP contribution is -2.19. The van der Waals surface area contributed by atoms with Crippen LogP contribution in [0.3, 0.4) is 0 Å². The Hall–Kier alpha value is -3.51. The lowest BCUT2D eigenvalue weighted by molar-refractivity contribution is 0.140. The highest BCUT2D eigenvalue weighted by Crippen LogP contribution is 2.34. The third-order valence-corrected chi connectivity index (χ3v) is 5.56. The van der Waals surface area contributed by atoms with Crippen molar-refractivity contribution in [2.24, 2.45) is 0 Å². The second-order valence-corrected chi connectivity index (χ2v) is 8.05. The summed E-state index contributed by atoms with van der Waals surface area (Å²) in [5, 5.41) is 12.6. The third-order valence-electron chi connectivity index (χ3n) is 5.56. The van der Waals surface area contributed by atoms with Gasteiger partial charge in [0.2, 0.25) is 5.88 Å². The Morgan fingerprint density at radius 3 is 2.47 bits per heavy atom. The molecule has 6 heteroatoms. The maximum absolute atomic E-state index is 11.5. The van der Waals surface area contributed by atoms with E-state index in [1.165, 1.54) is 0 Å². The quantitative estimate of drug-likeness (QED) is 0.282. The number of nitrogens with zero attached hydrogens (tertiary/aromatic N) is 2. The number of hydrogen-bond acceptors (Lipinski definition) is 4. The zero-order chi connectivity index (χ0) is 22.5. The highest BCUT2D eigenvalue weighted by Gasteiger charge is 2.20. The van der Waals surface area contributed by atoms with Crippen molar-refractivity contribution in [2.75, 3.05) is 27.2 Å².